The van der Waals surface area contributed by atoms with Gasteiger partial charge < -0.3 is 9.72 Å². The zero-order valence-corrected chi connectivity index (χ0v) is 19.2. The third-order valence-electron chi connectivity index (χ3n) is 5.90. The number of hydrogen-bond donors (Lipinski definition) is 1. The Hall–Kier alpha value is -2.58. The van der Waals surface area contributed by atoms with Crippen LogP contribution >= 0.6 is 11.3 Å². The van der Waals surface area contributed by atoms with Gasteiger partial charge in [0, 0.05) is 46.2 Å². The van der Waals surface area contributed by atoms with Gasteiger partial charge in [-0.2, -0.15) is 0 Å². The number of rotatable bonds is 2. The lowest BCUT2D eigenvalue weighted by molar-refractivity contribution is 0.163. The highest BCUT2D eigenvalue weighted by molar-refractivity contribution is 7.17. The van der Waals surface area contributed by atoms with Crippen LogP contribution in [0.2, 0.25) is 0 Å². The number of halogens is 1. The molecule has 1 fully saturated rings. The van der Waals surface area contributed by atoms with Crippen LogP contribution in [0.3, 0.4) is 0 Å². The van der Waals surface area contributed by atoms with E-state index in [1.54, 1.807) is 32.5 Å². The van der Waals surface area contributed by atoms with Crippen LogP contribution < -0.4 is 10.9 Å². The van der Waals surface area contributed by atoms with Gasteiger partial charge in [-0.05, 0) is 59.4 Å². The van der Waals surface area contributed by atoms with Crippen molar-refractivity contribution in [2.24, 2.45) is 0 Å². The molecule has 0 amide bonds. The summed E-state index contributed by atoms with van der Waals surface area (Å²) in [6, 6.07) is 2.87. The Balaban J connectivity index is 1.59. The third kappa shape index (κ3) is 3.68. The number of thiazole rings is 1. The van der Waals surface area contributed by atoms with E-state index >= 15 is 0 Å². The van der Waals surface area contributed by atoms with Gasteiger partial charge in [-0.25, -0.2) is 14.4 Å². The first-order valence-corrected chi connectivity index (χ1v) is 11.3. The number of nitrogens with zero attached hydrogens (tertiary/aromatic N) is 4. The maximum atomic E-state index is 14.6. The molecule has 0 saturated carbocycles. The molecule has 0 spiro atoms. The van der Waals surface area contributed by atoms with E-state index in [-0.39, 0.29) is 22.3 Å². The van der Waals surface area contributed by atoms with Crippen molar-refractivity contribution in [2.45, 2.75) is 64.5 Å². The summed E-state index contributed by atoms with van der Waals surface area (Å²) in [4.78, 5) is 23.6. The topological polar surface area (TPSA) is 63.7 Å². The molecular weight excluding hydrogens is 413 g/mol. The lowest BCUT2D eigenvalue weighted by Gasteiger charge is -2.46. The van der Waals surface area contributed by atoms with Crippen molar-refractivity contribution in [2.75, 3.05) is 0 Å². The summed E-state index contributed by atoms with van der Waals surface area (Å²) in [5.41, 5.74) is 1.91. The average molecular weight is 440 g/mol. The minimum atomic E-state index is -0.432. The number of piperidine rings is 1. The van der Waals surface area contributed by atoms with Crippen LogP contribution in [-0.2, 0) is 0 Å². The Morgan fingerprint density at radius 3 is 2.52 bits per heavy atom. The second kappa shape index (κ2) is 6.71. The molecule has 0 unspecified atom stereocenters. The van der Waals surface area contributed by atoms with Crippen LogP contribution in [0.4, 0.5) is 4.39 Å². The van der Waals surface area contributed by atoms with Crippen molar-refractivity contribution in [1.82, 2.24) is 24.1 Å². The molecule has 6 nitrogen and oxygen atoms in total. The number of fused-ring (bicyclic) bond motifs is 2. The molecule has 0 atom stereocenters. The standard InChI is InChI=1S/C23H26FN5OS/c1-13-10-28-11-14(6-16(24)20(28)25-13)17-7-19(30)29-12-18(31-21(29)26-17)15-8-22(2,3)27-23(4,5)9-15/h6-7,10-12,15,27H,8-9H2,1-5H3. The van der Waals surface area contributed by atoms with E-state index in [0.717, 1.165) is 23.4 Å². The van der Waals surface area contributed by atoms with Crippen LogP contribution in [0.15, 0.2) is 35.5 Å². The summed E-state index contributed by atoms with van der Waals surface area (Å²) in [7, 11) is 0. The van der Waals surface area contributed by atoms with E-state index in [4.69, 9.17) is 4.98 Å². The number of aromatic nitrogens is 4. The molecule has 0 aliphatic carbocycles. The highest BCUT2D eigenvalue weighted by Crippen LogP contribution is 2.41. The van der Waals surface area contributed by atoms with E-state index in [0.29, 0.717) is 22.1 Å². The van der Waals surface area contributed by atoms with E-state index in [1.807, 2.05) is 13.1 Å². The molecule has 1 N–H and O–H groups in total. The first-order chi connectivity index (χ1) is 14.5. The van der Waals surface area contributed by atoms with Gasteiger partial charge in [-0.15, -0.1) is 11.3 Å². The maximum absolute atomic E-state index is 14.6. The quantitative estimate of drug-likeness (QED) is 0.498. The minimum absolute atomic E-state index is 0.0159. The second-order valence-corrected chi connectivity index (χ2v) is 11.0. The van der Waals surface area contributed by atoms with Gasteiger partial charge in [-0.1, -0.05) is 0 Å². The van der Waals surface area contributed by atoms with Crippen molar-refractivity contribution in [1.29, 1.82) is 0 Å². The van der Waals surface area contributed by atoms with Gasteiger partial charge >= 0.3 is 0 Å². The first-order valence-electron chi connectivity index (χ1n) is 10.5. The second-order valence-electron chi connectivity index (χ2n) is 9.95. The van der Waals surface area contributed by atoms with E-state index in [2.05, 4.69) is 38.0 Å². The molecule has 1 aliphatic heterocycles. The van der Waals surface area contributed by atoms with E-state index in [9.17, 15) is 9.18 Å². The molecule has 5 rings (SSSR count). The zero-order valence-electron chi connectivity index (χ0n) is 18.4. The number of aryl methyl sites for hydroxylation is 1. The van der Waals surface area contributed by atoms with Gasteiger partial charge in [0.1, 0.15) is 0 Å². The van der Waals surface area contributed by atoms with Gasteiger partial charge in [0.05, 0.1) is 11.4 Å². The van der Waals surface area contributed by atoms with Crippen molar-refractivity contribution in [3.63, 3.8) is 0 Å². The highest BCUT2D eigenvalue weighted by Gasteiger charge is 2.39. The molecule has 8 heteroatoms. The summed E-state index contributed by atoms with van der Waals surface area (Å²) in [6.45, 7) is 10.7. The SMILES string of the molecule is Cc1cn2cc(-c3cc(=O)n4cc(C5CC(C)(C)NC(C)(C)C5)sc4n3)cc(F)c2n1. The Bertz CT molecular complexity index is 1360. The third-order valence-corrected chi connectivity index (χ3v) is 7.05. The lowest BCUT2D eigenvalue weighted by atomic mass is 9.75. The summed E-state index contributed by atoms with van der Waals surface area (Å²) in [5.74, 6) is -0.0813. The number of hydrogen-bond acceptors (Lipinski definition) is 5. The summed E-state index contributed by atoms with van der Waals surface area (Å²) < 4.78 is 17.8. The Labute approximate surface area is 183 Å². The first kappa shape index (κ1) is 20.3. The van der Waals surface area contributed by atoms with Gasteiger partial charge in [0.15, 0.2) is 16.4 Å². The van der Waals surface area contributed by atoms with Crippen molar-refractivity contribution < 1.29 is 4.39 Å². The van der Waals surface area contributed by atoms with Crippen LogP contribution in [0.25, 0.3) is 21.9 Å². The van der Waals surface area contributed by atoms with Crippen molar-refractivity contribution >= 4 is 21.9 Å². The van der Waals surface area contributed by atoms with Crippen LogP contribution in [0.1, 0.15) is 57.0 Å². The van der Waals surface area contributed by atoms with Gasteiger partial charge in [-0.3, -0.25) is 9.20 Å². The normalized spacial score (nSPS) is 18.8. The molecule has 4 aromatic heterocycles. The smallest absolute Gasteiger partial charge is 0.259 e. The average Bonchev–Trinajstić information content (AvgIpc) is 3.22. The number of nitrogens with one attached hydrogen (secondary N) is 1. The molecule has 1 aliphatic rings. The predicted molar refractivity (Wildman–Crippen MR) is 121 cm³/mol. The summed E-state index contributed by atoms with van der Waals surface area (Å²) >= 11 is 1.55. The number of imidazole rings is 1. The molecule has 31 heavy (non-hydrogen) atoms. The van der Waals surface area contributed by atoms with Gasteiger partial charge in [0.25, 0.3) is 5.56 Å². The summed E-state index contributed by atoms with van der Waals surface area (Å²) in [5, 5.41) is 3.71. The highest BCUT2D eigenvalue weighted by atomic mass is 32.1. The fourth-order valence-electron chi connectivity index (χ4n) is 5.10. The molecule has 162 valence electrons. The van der Waals surface area contributed by atoms with Crippen LogP contribution in [-0.4, -0.2) is 29.8 Å². The molecule has 0 bridgehead atoms. The minimum Gasteiger partial charge on any atom is -0.307 e. The Morgan fingerprint density at radius 1 is 1.10 bits per heavy atom. The molecule has 0 aromatic carbocycles. The fraction of sp³-hybridized carbons (Fsp3) is 0.435. The largest absolute Gasteiger partial charge is 0.307 e. The Kier molecular flexibility index (Phi) is 4.40. The molecule has 5 heterocycles. The molecule has 0 radical (unpaired) electrons. The predicted octanol–water partition coefficient (Wildman–Crippen LogP) is 4.54. The number of pyridine rings is 1. The monoisotopic (exact) mass is 439 g/mol. The maximum Gasteiger partial charge on any atom is 0.259 e. The van der Waals surface area contributed by atoms with Gasteiger partial charge in [0.2, 0.25) is 0 Å². The lowest BCUT2D eigenvalue weighted by Crippen LogP contribution is -2.57. The van der Waals surface area contributed by atoms with Crippen LogP contribution in [0.5, 0.6) is 0 Å². The molecule has 1 saturated heterocycles. The Morgan fingerprint density at radius 2 is 1.81 bits per heavy atom. The summed E-state index contributed by atoms with van der Waals surface area (Å²) in [6.07, 6.45) is 7.45. The van der Waals surface area contributed by atoms with E-state index < -0.39 is 5.82 Å². The fourth-order valence-corrected chi connectivity index (χ4v) is 6.19. The van der Waals surface area contributed by atoms with Crippen molar-refractivity contribution in [3.8, 4) is 11.3 Å². The van der Waals surface area contributed by atoms with Crippen molar-refractivity contribution in [3.05, 3.63) is 57.5 Å². The molecule has 4 aromatic rings. The van der Waals surface area contributed by atoms with Crippen LogP contribution in [0, 0.1) is 12.7 Å². The molecular formula is C23H26FN5OS. The van der Waals surface area contributed by atoms with E-state index in [1.165, 1.54) is 12.1 Å². The zero-order chi connectivity index (χ0) is 22.1.